The molecule has 4 rings (SSSR count). The summed E-state index contributed by atoms with van der Waals surface area (Å²) >= 11 is 1.75. The van der Waals surface area contributed by atoms with E-state index in [1.54, 1.807) is 11.3 Å². The molecule has 0 atom stereocenters. The first kappa shape index (κ1) is 20.7. The van der Waals surface area contributed by atoms with Crippen LogP contribution in [0, 0.1) is 13.8 Å². The number of ether oxygens (including phenoxy) is 1. The lowest BCUT2D eigenvalue weighted by molar-refractivity contribution is 0.0746. The highest BCUT2D eigenvalue weighted by Gasteiger charge is 2.24. The second kappa shape index (κ2) is 9.04. The predicted octanol–water partition coefficient (Wildman–Crippen LogP) is 5.05. The average molecular weight is 424 g/mol. The Morgan fingerprint density at radius 3 is 2.53 bits per heavy atom. The first-order chi connectivity index (χ1) is 14.5. The van der Waals surface area contributed by atoms with Gasteiger partial charge in [0.25, 0.3) is 5.91 Å². The second-order valence-corrected chi connectivity index (χ2v) is 8.91. The normalized spacial score (nSPS) is 14.4. The molecule has 158 valence electrons. The number of rotatable bonds is 6. The van der Waals surface area contributed by atoms with Crippen molar-refractivity contribution in [1.29, 1.82) is 0 Å². The lowest BCUT2D eigenvalue weighted by atomic mass is 10.1. The summed E-state index contributed by atoms with van der Waals surface area (Å²) in [5.74, 6) is 0.914. The minimum absolute atomic E-state index is 0.0885. The van der Waals surface area contributed by atoms with Crippen LogP contribution in [0.5, 0.6) is 5.75 Å². The summed E-state index contributed by atoms with van der Waals surface area (Å²) in [4.78, 5) is 22.0. The molecule has 0 N–H and O–H groups in total. The smallest absolute Gasteiger partial charge is 0.253 e. The zero-order chi connectivity index (χ0) is 21.1. The summed E-state index contributed by atoms with van der Waals surface area (Å²) in [6, 6.07) is 11.9. The van der Waals surface area contributed by atoms with Gasteiger partial charge >= 0.3 is 0 Å². The highest BCUT2D eigenvalue weighted by molar-refractivity contribution is 7.22. The number of thiazole rings is 1. The van der Waals surface area contributed by atoms with E-state index in [1.165, 1.54) is 15.8 Å². The monoisotopic (exact) mass is 423 g/mol. The fourth-order valence-corrected chi connectivity index (χ4v) is 4.88. The Morgan fingerprint density at radius 2 is 1.83 bits per heavy atom. The van der Waals surface area contributed by atoms with Gasteiger partial charge in [0.1, 0.15) is 5.75 Å². The van der Waals surface area contributed by atoms with Gasteiger partial charge in [-0.15, -0.1) is 0 Å². The van der Waals surface area contributed by atoms with Gasteiger partial charge in [-0.3, -0.25) is 4.79 Å². The number of aromatic nitrogens is 1. The Hall–Kier alpha value is -2.60. The maximum absolute atomic E-state index is 12.9. The third-order valence-electron chi connectivity index (χ3n) is 5.51. The largest absolute Gasteiger partial charge is 0.494 e. The summed E-state index contributed by atoms with van der Waals surface area (Å²) in [5, 5.41) is 1.05. The van der Waals surface area contributed by atoms with Crippen LogP contribution in [0.25, 0.3) is 10.2 Å². The summed E-state index contributed by atoms with van der Waals surface area (Å²) in [6.45, 7) is 10.2. The number of carbonyl (C=O) groups is 1. The fourth-order valence-electron chi connectivity index (χ4n) is 3.81. The van der Waals surface area contributed by atoms with Crippen LogP contribution in [-0.2, 0) is 0 Å². The van der Waals surface area contributed by atoms with Gasteiger partial charge in [0.05, 0.1) is 16.8 Å². The number of carbonyl (C=O) groups excluding carboxylic acids is 1. The standard InChI is InChI=1S/C24H29N3O2S/c1-4-5-14-29-20-8-6-19(7-9-20)23(28)26-10-12-27(13-11-26)24-25-21-16-17(2)15-18(3)22(21)30-24/h6-9,15-16H,4-5,10-14H2,1-3H3. The first-order valence-corrected chi connectivity index (χ1v) is 11.5. The van der Waals surface area contributed by atoms with E-state index < -0.39 is 0 Å². The highest BCUT2D eigenvalue weighted by atomic mass is 32.1. The molecule has 3 aromatic rings. The number of nitrogens with zero attached hydrogens (tertiary/aromatic N) is 3. The van der Waals surface area contributed by atoms with Crippen molar-refractivity contribution in [2.24, 2.45) is 0 Å². The first-order valence-electron chi connectivity index (χ1n) is 10.7. The molecule has 30 heavy (non-hydrogen) atoms. The van der Waals surface area contributed by atoms with Crippen LogP contribution in [-0.4, -0.2) is 48.6 Å². The van der Waals surface area contributed by atoms with Gasteiger partial charge in [-0.25, -0.2) is 4.98 Å². The lowest BCUT2D eigenvalue weighted by Gasteiger charge is -2.34. The minimum atomic E-state index is 0.0885. The molecule has 1 amide bonds. The number of amides is 1. The van der Waals surface area contributed by atoms with Crippen LogP contribution in [0.2, 0.25) is 0 Å². The number of unbranched alkanes of at least 4 members (excludes halogenated alkanes) is 1. The Balaban J connectivity index is 1.37. The van der Waals surface area contributed by atoms with Gasteiger partial charge in [0.2, 0.25) is 0 Å². The van der Waals surface area contributed by atoms with Crippen molar-refractivity contribution in [2.45, 2.75) is 33.6 Å². The zero-order valence-corrected chi connectivity index (χ0v) is 18.8. The number of fused-ring (bicyclic) bond motifs is 1. The molecular formula is C24H29N3O2S. The second-order valence-electron chi connectivity index (χ2n) is 7.93. The number of benzene rings is 2. The maximum Gasteiger partial charge on any atom is 0.253 e. The Bertz CT molecular complexity index is 1020. The molecule has 1 aliphatic rings. The van der Waals surface area contributed by atoms with E-state index in [0.717, 1.165) is 54.5 Å². The Labute approximate surface area is 182 Å². The van der Waals surface area contributed by atoms with Gasteiger partial charge in [-0.2, -0.15) is 0 Å². The number of anilines is 1. The molecule has 0 aliphatic carbocycles. The quantitative estimate of drug-likeness (QED) is 0.520. The van der Waals surface area contributed by atoms with Gasteiger partial charge < -0.3 is 14.5 Å². The molecule has 5 nitrogen and oxygen atoms in total. The predicted molar refractivity (Wildman–Crippen MR) is 124 cm³/mol. The minimum Gasteiger partial charge on any atom is -0.494 e. The van der Waals surface area contributed by atoms with Crippen molar-refractivity contribution in [3.8, 4) is 5.75 Å². The van der Waals surface area contributed by atoms with Crippen LogP contribution in [0.4, 0.5) is 5.13 Å². The van der Waals surface area contributed by atoms with E-state index in [2.05, 4.69) is 37.8 Å². The van der Waals surface area contributed by atoms with Crippen molar-refractivity contribution in [3.63, 3.8) is 0 Å². The van der Waals surface area contributed by atoms with Crippen LogP contribution in [0.15, 0.2) is 36.4 Å². The van der Waals surface area contributed by atoms with Crippen LogP contribution >= 0.6 is 11.3 Å². The maximum atomic E-state index is 12.9. The van der Waals surface area contributed by atoms with Crippen molar-refractivity contribution >= 4 is 32.6 Å². The van der Waals surface area contributed by atoms with E-state index >= 15 is 0 Å². The van der Waals surface area contributed by atoms with E-state index in [0.29, 0.717) is 13.1 Å². The molecule has 1 saturated heterocycles. The topological polar surface area (TPSA) is 45.7 Å². The van der Waals surface area contributed by atoms with Crippen molar-refractivity contribution in [2.75, 3.05) is 37.7 Å². The van der Waals surface area contributed by atoms with E-state index in [4.69, 9.17) is 9.72 Å². The molecule has 0 bridgehead atoms. The van der Waals surface area contributed by atoms with Gasteiger partial charge in [-0.1, -0.05) is 30.7 Å². The molecule has 1 aromatic heterocycles. The van der Waals surface area contributed by atoms with Crippen LogP contribution < -0.4 is 9.64 Å². The highest BCUT2D eigenvalue weighted by Crippen LogP contribution is 2.32. The lowest BCUT2D eigenvalue weighted by Crippen LogP contribution is -2.48. The van der Waals surface area contributed by atoms with E-state index in [-0.39, 0.29) is 5.91 Å². The number of hydrogen-bond donors (Lipinski definition) is 0. The summed E-state index contributed by atoms with van der Waals surface area (Å²) in [6.07, 6.45) is 2.15. The molecule has 0 spiro atoms. The number of aryl methyl sites for hydroxylation is 2. The molecule has 0 unspecified atom stereocenters. The summed E-state index contributed by atoms with van der Waals surface area (Å²) < 4.78 is 6.95. The summed E-state index contributed by atoms with van der Waals surface area (Å²) in [7, 11) is 0. The molecular weight excluding hydrogens is 394 g/mol. The molecule has 0 radical (unpaired) electrons. The van der Waals surface area contributed by atoms with Crippen molar-refractivity contribution in [3.05, 3.63) is 53.1 Å². The van der Waals surface area contributed by atoms with Crippen molar-refractivity contribution < 1.29 is 9.53 Å². The zero-order valence-electron chi connectivity index (χ0n) is 18.0. The molecule has 6 heteroatoms. The average Bonchev–Trinajstić information content (AvgIpc) is 3.18. The molecule has 0 saturated carbocycles. The molecule has 1 aliphatic heterocycles. The Kier molecular flexibility index (Phi) is 6.23. The van der Waals surface area contributed by atoms with E-state index in [9.17, 15) is 4.79 Å². The van der Waals surface area contributed by atoms with Crippen LogP contribution in [0.3, 0.4) is 0 Å². The van der Waals surface area contributed by atoms with Gasteiger partial charge in [-0.05, 0) is 61.7 Å². The Morgan fingerprint density at radius 1 is 1.10 bits per heavy atom. The van der Waals surface area contributed by atoms with Gasteiger partial charge in [0.15, 0.2) is 5.13 Å². The fraction of sp³-hybridized carbons (Fsp3) is 0.417. The van der Waals surface area contributed by atoms with Gasteiger partial charge in [0, 0.05) is 31.7 Å². The third kappa shape index (κ3) is 4.43. The van der Waals surface area contributed by atoms with E-state index in [1.807, 2.05) is 29.2 Å². The molecule has 2 aromatic carbocycles. The van der Waals surface area contributed by atoms with Crippen LogP contribution in [0.1, 0.15) is 41.3 Å². The SMILES string of the molecule is CCCCOc1ccc(C(=O)N2CCN(c3nc4cc(C)cc(C)c4s3)CC2)cc1. The number of piperazine rings is 1. The number of hydrogen-bond acceptors (Lipinski definition) is 5. The summed E-state index contributed by atoms with van der Waals surface area (Å²) in [5.41, 5.74) is 4.32. The van der Waals surface area contributed by atoms with Crippen molar-refractivity contribution in [1.82, 2.24) is 9.88 Å². The molecule has 1 fully saturated rings. The third-order valence-corrected chi connectivity index (χ3v) is 6.78. The molecule has 2 heterocycles.